The van der Waals surface area contributed by atoms with Crippen LogP contribution in [0.5, 0.6) is 5.75 Å². The highest BCUT2D eigenvalue weighted by Crippen LogP contribution is 2.24. The van der Waals surface area contributed by atoms with Crippen LogP contribution in [0, 0.1) is 0 Å². The fourth-order valence-electron chi connectivity index (χ4n) is 2.55. The van der Waals surface area contributed by atoms with Gasteiger partial charge in [0, 0.05) is 30.8 Å². The number of carbonyl (C=O) groups is 1. The molecule has 0 radical (unpaired) electrons. The Morgan fingerprint density at radius 2 is 1.85 bits per heavy atom. The number of methoxy groups -OCH3 is 1. The van der Waals surface area contributed by atoms with Crippen molar-refractivity contribution >= 4 is 15.9 Å². The Balaban J connectivity index is 2.29. The van der Waals surface area contributed by atoms with Crippen molar-refractivity contribution in [2.45, 2.75) is 37.8 Å². The van der Waals surface area contributed by atoms with Crippen molar-refractivity contribution in [2.24, 2.45) is 0 Å². The van der Waals surface area contributed by atoms with Gasteiger partial charge in [-0.2, -0.15) is 4.31 Å². The highest BCUT2D eigenvalue weighted by Gasteiger charge is 2.22. The maximum absolute atomic E-state index is 12.7. The zero-order valence-corrected chi connectivity index (χ0v) is 16.9. The van der Waals surface area contributed by atoms with Gasteiger partial charge in [-0.1, -0.05) is 25.1 Å². The Kier molecular flexibility index (Phi) is 6.98. The van der Waals surface area contributed by atoms with Crippen LogP contribution < -0.4 is 10.1 Å². The van der Waals surface area contributed by atoms with Crippen LogP contribution in [0.3, 0.4) is 0 Å². The van der Waals surface area contributed by atoms with Crippen molar-refractivity contribution in [3.05, 3.63) is 59.7 Å². The molecule has 0 aliphatic heterocycles. The van der Waals surface area contributed by atoms with E-state index in [-0.39, 0.29) is 23.4 Å². The lowest BCUT2D eigenvalue weighted by Gasteiger charge is -2.19. The normalized spacial score (nSPS) is 12.6. The maximum atomic E-state index is 12.7. The van der Waals surface area contributed by atoms with Gasteiger partial charge in [0.2, 0.25) is 10.0 Å². The minimum absolute atomic E-state index is 0.0594. The molecule has 0 spiro atoms. The SMILES string of the molecule is CC[C@@H](C)NC(=O)c1ccc(OC)c(CN(C)S(=O)(=O)c2ccccc2)c1. The van der Waals surface area contributed by atoms with Crippen LogP contribution in [0.4, 0.5) is 0 Å². The molecule has 0 aliphatic carbocycles. The molecule has 0 saturated heterocycles. The van der Waals surface area contributed by atoms with E-state index >= 15 is 0 Å². The van der Waals surface area contributed by atoms with Crippen molar-refractivity contribution in [1.29, 1.82) is 0 Å². The third-order valence-corrected chi connectivity index (χ3v) is 6.19. The van der Waals surface area contributed by atoms with Crippen LogP contribution >= 0.6 is 0 Å². The van der Waals surface area contributed by atoms with Gasteiger partial charge in [-0.05, 0) is 43.7 Å². The van der Waals surface area contributed by atoms with Gasteiger partial charge >= 0.3 is 0 Å². The zero-order chi connectivity index (χ0) is 20.0. The molecular formula is C20H26N2O4S. The van der Waals surface area contributed by atoms with Gasteiger partial charge in [0.15, 0.2) is 0 Å². The largest absolute Gasteiger partial charge is 0.496 e. The number of nitrogens with one attached hydrogen (secondary N) is 1. The quantitative estimate of drug-likeness (QED) is 0.752. The average Bonchev–Trinajstić information content (AvgIpc) is 2.68. The van der Waals surface area contributed by atoms with Gasteiger partial charge in [0.25, 0.3) is 5.91 Å². The third-order valence-electron chi connectivity index (χ3n) is 4.38. The topological polar surface area (TPSA) is 75.7 Å². The van der Waals surface area contributed by atoms with Crippen LogP contribution in [0.25, 0.3) is 0 Å². The van der Waals surface area contributed by atoms with E-state index in [1.807, 2.05) is 13.8 Å². The van der Waals surface area contributed by atoms with E-state index < -0.39 is 10.0 Å². The third kappa shape index (κ3) is 5.08. The molecule has 0 saturated carbocycles. The first kappa shape index (κ1) is 20.9. The van der Waals surface area contributed by atoms with Crippen molar-refractivity contribution in [3.8, 4) is 5.75 Å². The summed E-state index contributed by atoms with van der Waals surface area (Å²) in [6.07, 6.45) is 0.826. The molecule has 146 valence electrons. The van der Waals surface area contributed by atoms with Gasteiger partial charge in [-0.15, -0.1) is 0 Å². The lowest BCUT2D eigenvalue weighted by Crippen LogP contribution is -2.32. The summed E-state index contributed by atoms with van der Waals surface area (Å²) in [6.45, 7) is 4.02. The Bertz CT molecular complexity index is 882. The second-order valence-corrected chi connectivity index (χ2v) is 8.43. The summed E-state index contributed by atoms with van der Waals surface area (Å²) in [5, 5.41) is 2.91. The molecule has 2 aromatic rings. The summed E-state index contributed by atoms with van der Waals surface area (Å²) in [6, 6.07) is 13.3. The van der Waals surface area contributed by atoms with Gasteiger partial charge in [-0.3, -0.25) is 4.79 Å². The molecule has 1 amide bonds. The van der Waals surface area contributed by atoms with Crippen LogP contribution in [0.1, 0.15) is 36.2 Å². The summed E-state index contributed by atoms with van der Waals surface area (Å²) in [7, 11) is -0.616. The molecule has 0 fully saturated rings. The first-order valence-electron chi connectivity index (χ1n) is 8.78. The number of sulfonamides is 1. The second-order valence-electron chi connectivity index (χ2n) is 6.38. The minimum atomic E-state index is -3.64. The summed E-state index contributed by atoms with van der Waals surface area (Å²) >= 11 is 0. The van der Waals surface area contributed by atoms with E-state index in [2.05, 4.69) is 5.32 Å². The molecule has 2 rings (SSSR count). The first-order chi connectivity index (χ1) is 12.8. The summed E-state index contributed by atoms with van der Waals surface area (Å²) in [5.41, 5.74) is 1.09. The Morgan fingerprint density at radius 3 is 2.44 bits per heavy atom. The molecule has 0 aliphatic rings. The van der Waals surface area contributed by atoms with Crippen LogP contribution in [0.2, 0.25) is 0 Å². The molecule has 0 unspecified atom stereocenters. The second kappa shape index (κ2) is 9.01. The summed E-state index contributed by atoms with van der Waals surface area (Å²) < 4.78 is 32.1. The molecule has 0 bridgehead atoms. The Morgan fingerprint density at radius 1 is 1.19 bits per heavy atom. The van der Waals surface area contributed by atoms with E-state index in [0.717, 1.165) is 6.42 Å². The van der Waals surface area contributed by atoms with Crippen LogP contribution in [0.15, 0.2) is 53.4 Å². The van der Waals surface area contributed by atoms with E-state index in [1.54, 1.807) is 48.5 Å². The van der Waals surface area contributed by atoms with Crippen LogP contribution in [-0.2, 0) is 16.6 Å². The molecule has 6 nitrogen and oxygen atoms in total. The predicted octanol–water partition coefficient (Wildman–Crippen LogP) is 3.04. The molecule has 0 heterocycles. The predicted molar refractivity (Wildman–Crippen MR) is 105 cm³/mol. The number of amides is 1. The highest BCUT2D eigenvalue weighted by molar-refractivity contribution is 7.89. The van der Waals surface area contributed by atoms with E-state index in [0.29, 0.717) is 16.9 Å². The summed E-state index contributed by atoms with van der Waals surface area (Å²) in [5.74, 6) is 0.340. The molecule has 2 aromatic carbocycles. The van der Waals surface area contributed by atoms with E-state index in [4.69, 9.17) is 4.74 Å². The van der Waals surface area contributed by atoms with E-state index in [9.17, 15) is 13.2 Å². The first-order valence-corrected chi connectivity index (χ1v) is 10.2. The number of ether oxygens (including phenoxy) is 1. The average molecular weight is 391 g/mol. The smallest absolute Gasteiger partial charge is 0.251 e. The molecule has 1 atom stereocenters. The minimum Gasteiger partial charge on any atom is -0.496 e. The monoisotopic (exact) mass is 390 g/mol. The van der Waals surface area contributed by atoms with Crippen molar-refractivity contribution in [2.75, 3.05) is 14.2 Å². The number of hydrogen-bond donors (Lipinski definition) is 1. The fourth-order valence-corrected chi connectivity index (χ4v) is 3.72. The zero-order valence-electron chi connectivity index (χ0n) is 16.1. The Hall–Kier alpha value is -2.38. The molecule has 27 heavy (non-hydrogen) atoms. The van der Waals surface area contributed by atoms with E-state index in [1.165, 1.54) is 18.5 Å². The van der Waals surface area contributed by atoms with Crippen molar-refractivity contribution in [1.82, 2.24) is 9.62 Å². The molecule has 7 heteroatoms. The van der Waals surface area contributed by atoms with Gasteiger partial charge in [-0.25, -0.2) is 8.42 Å². The maximum Gasteiger partial charge on any atom is 0.251 e. The van der Waals surface area contributed by atoms with Gasteiger partial charge in [0.1, 0.15) is 5.75 Å². The lowest BCUT2D eigenvalue weighted by atomic mass is 10.1. The van der Waals surface area contributed by atoms with Crippen LogP contribution in [-0.4, -0.2) is 38.8 Å². The summed E-state index contributed by atoms with van der Waals surface area (Å²) in [4.78, 5) is 12.6. The van der Waals surface area contributed by atoms with Gasteiger partial charge in [0.05, 0.1) is 12.0 Å². The lowest BCUT2D eigenvalue weighted by molar-refractivity contribution is 0.0939. The standard InChI is InChI=1S/C20H26N2O4S/c1-5-15(2)21-20(23)16-11-12-19(26-4)17(13-16)14-22(3)27(24,25)18-9-7-6-8-10-18/h6-13,15H,5,14H2,1-4H3,(H,21,23)/t15-/m1/s1. The van der Waals surface area contributed by atoms with Gasteiger partial charge < -0.3 is 10.1 Å². The molecule has 1 N–H and O–H groups in total. The fraction of sp³-hybridized carbons (Fsp3) is 0.350. The number of carbonyl (C=O) groups excluding carboxylic acids is 1. The van der Waals surface area contributed by atoms with Crippen molar-refractivity contribution in [3.63, 3.8) is 0 Å². The number of rotatable bonds is 8. The number of benzene rings is 2. The van der Waals surface area contributed by atoms with Crippen molar-refractivity contribution < 1.29 is 17.9 Å². The number of hydrogen-bond acceptors (Lipinski definition) is 4. The number of nitrogens with zero attached hydrogens (tertiary/aromatic N) is 1. The highest BCUT2D eigenvalue weighted by atomic mass is 32.2. The molecule has 0 aromatic heterocycles. The molecular weight excluding hydrogens is 364 g/mol. The Labute approximate surface area is 161 Å².